The van der Waals surface area contributed by atoms with Crippen LogP contribution in [-0.2, 0) is 0 Å². The van der Waals surface area contributed by atoms with E-state index in [9.17, 15) is 0 Å². The second-order valence-electron chi connectivity index (χ2n) is 6.68. The zero-order valence-electron chi connectivity index (χ0n) is 16.2. The summed E-state index contributed by atoms with van der Waals surface area (Å²) in [6.07, 6.45) is 5.71. The first kappa shape index (κ1) is 19.1. The highest BCUT2D eigenvalue weighted by atomic mass is 32.2. The van der Waals surface area contributed by atoms with Crippen molar-refractivity contribution in [2.45, 2.75) is 11.3 Å². The third-order valence-corrected chi connectivity index (χ3v) is 6.86. The first-order valence-electron chi connectivity index (χ1n) is 9.14. The molecule has 28 heavy (non-hydrogen) atoms. The molecule has 4 heterocycles. The first-order chi connectivity index (χ1) is 13.6. The molecule has 1 saturated heterocycles. The Labute approximate surface area is 173 Å². The lowest BCUT2D eigenvalue weighted by Gasteiger charge is -2.33. The average molecular weight is 414 g/mol. The van der Waals surface area contributed by atoms with E-state index in [-0.39, 0.29) is 0 Å². The zero-order valence-corrected chi connectivity index (χ0v) is 17.8. The van der Waals surface area contributed by atoms with E-state index in [1.807, 2.05) is 31.5 Å². The highest BCUT2D eigenvalue weighted by Crippen LogP contribution is 2.33. The normalized spacial score (nSPS) is 15.0. The molecule has 0 aliphatic carbocycles. The van der Waals surface area contributed by atoms with Crippen LogP contribution in [0.5, 0.6) is 0 Å². The Kier molecular flexibility index (Phi) is 5.74. The van der Waals surface area contributed by atoms with Gasteiger partial charge in [-0.25, -0.2) is 19.9 Å². The molecule has 3 aromatic heterocycles. The number of aromatic nitrogens is 4. The van der Waals surface area contributed by atoms with Crippen LogP contribution in [0.25, 0.3) is 10.6 Å². The Balaban J connectivity index is 1.48. The van der Waals surface area contributed by atoms with Crippen LogP contribution < -0.4 is 10.2 Å². The maximum atomic E-state index is 4.65. The van der Waals surface area contributed by atoms with Gasteiger partial charge >= 0.3 is 0 Å². The van der Waals surface area contributed by atoms with Crippen molar-refractivity contribution in [3.8, 4) is 10.6 Å². The van der Waals surface area contributed by atoms with E-state index >= 15 is 0 Å². The predicted molar refractivity (Wildman–Crippen MR) is 117 cm³/mol. The summed E-state index contributed by atoms with van der Waals surface area (Å²) in [5, 5.41) is 3.21. The van der Waals surface area contributed by atoms with Crippen molar-refractivity contribution in [3.63, 3.8) is 0 Å². The molecule has 3 aromatic rings. The summed E-state index contributed by atoms with van der Waals surface area (Å²) in [4.78, 5) is 23.9. The van der Waals surface area contributed by atoms with Crippen molar-refractivity contribution in [2.75, 3.05) is 49.7 Å². The molecule has 0 bridgehead atoms. The van der Waals surface area contributed by atoms with E-state index in [4.69, 9.17) is 0 Å². The van der Waals surface area contributed by atoms with Gasteiger partial charge in [-0.1, -0.05) is 11.8 Å². The van der Waals surface area contributed by atoms with Gasteiger partial charge in [-0.2, -0.15) is 0 Å². The van der Waals surface area contributed by atoms with Crippen molar-refractivity contribution in [1.29, 1.82) is 0 Å². The Morgan fingerprint density at radius 3 is 2.57 bits per heavy atom. The average Bonchev–Trinajstić information content (AvgIpc) is 3.10. The fourth-order valence-electron chi connectivity index (χ4n) is 3.07. The number of thiazole rings is 1. The maximum absolute atomic E-state index is 4.65. The molecule has 0 aromatic carbocycles. The van der Waals surface area contributed by atoms with Crippen LogP contribution in [0.1, 0.15) is 5.69 Å². The number of hydrogen-bond donors (Lipinski definition) is 1. The number of pyridine rings is 1. The van der Waals surface area contributed by atoms with Crippen LogP contribution in [0.4, 0.5) is 17.5 Å². The van der Waals surface area contributed by atoms with E-state index in [2.05, 4.69) is 48.2 Å². The molecule has 0 amide bonds. The monoisotopic (exact) mass is 413 g/mol. The molecule has 1 aliphatic rings. The van der Waals surface area contributed by atoms with E-state index in [0.29, 0.717) is 5.95 Å². The highest BCUT2D eigenvalue weighted by molar-refractivity contribution is 8.00. The number of likely N-dealkylation sites (N-methyl/N-ethyl adjacent to an activating group) is 1. The topological polar surface area (TPSA) is 70.1 Å². The van der Waals surface area contributed by atoms with Gasteiger partial charge in [-0.3, -0.25) is 0 Å². The SMILES string of the molecule is CSc1nc(C)c(-c2ccnc(Nc3ccc(N4CCN(C)CC4)cn3)n2)s1. The van der Waals surface area contributed by atoms with Crippen LogP contribution >= 0.6 is 23.1 Å². The number of aryl methyl sites for hydroxylation is 1. The largest absolute Gasteiger partial charge is 0.368 e. The number of piperazine rings is 1. The molecule has 1 aliphatic heterocycles. The molecule has 9 heteroatoms. The van der Waals surface area contributed by atoms with Gasteiger partial charge in [0.15, 0.2) is 4.34 Å². The molecular formula is C19H23N7S2. The Morgan fingerprint density at radius 2 is 1.89 bits per heavy atom. The molecule has 7 nitrogen and oxygen atoms in total. The minimum absolute atomic E-state index is 0.538. The lowest BCUT2D eigenvalue weighted by molar-refractivity contribution is 0.313. The van der Waals surface area contributed by atoms with Crippen molar-refractivity contribution in [3.05, 3.63) is 36.3 Å². The second kappa shape index (κ2) is 8.42. The fourth-order valence-corrected chi connectivity index (χ4v) is 4.65. The first-order valence-corrected chi connectivity index (χ1v) is 11.2. The number of hydrogen-bond acceptors (Lipinski definition) is 9. The molecule has 146 valence electrons. The number of nitrogens with zero attached hydrogens (tertiary/aromatic N) is 6. The molecule has 4 rings (SSSR count). The van der Waals surface area contributed by atoms with Crippen LogP contribution in [0.15, 0.2) is 34.9 Å². The summed E-state index contributed by atoms with van der Waals surface area (Å²) in [5.74, 6) is 1.27. The quantitative estimate of drug-likeness (QED) is 0.637. The van der Waals surface area contributed by atoms with Crippen LogP contribution in [-0.4, -0.2) is 64.3 Å². The summed E-state index contributed by atoms with van der Waals surface area (Å²) in [5.41, 5.74) is 3.02. The van der Waals surface area contributed by atoms with E-state index < -0.39 is 0 Å². The maximum Gasteiger partial charge on any atom is 0.228 e. The van der Waals surface area contributed by atoms with Gasteiger partial charge < -0.3 is 15.1 Å². The lowest BCUT2D eigenvalue weighted by atomic mass is 10.3. The van der Waals surface area contributed by atoms with Crippen molar-refractivity contribution < 1.29 is 0 Å². The molecule has 0 spiro atoms. The van der Waals surface area contributed by atoms with Crippen molar-refractivity contribution >= 4 is 40.6 Å². The van der Waals surface area contributed by atoms with Gasteiger partial charge in [-0.05, 0) is 38.4 Å². The zero-order chi connectivity index (χ0) is 19.5. The number of rotatable bonds is 5. The number of nitrogens with one attached hydrogen (secondary N) is 1. The Bertz CT molecular complexity index is 934. The molecule has 0 unspecified atom stereocenters. The van der Waals surface area contributed by atoms with Gasteiger partial charge in [0.05, 0.1) is 28.1 Å². The highest BCUT2D eigenvalue weighted by Gasteiger charge is 2.15. The molecule has 1 fully saturated rings. The molecular weight excluding hydrogens is 390 g/mol. The summed E-state index contributed by atoms with van der Waals surface area (Å²) in [6.45, 7) is 6.23. The van der Waals surface area contributed by atoms with Gasteiger partial charge in [0.1, 0.15) is 5.82 Å². The summed E-state index contributed by atoms with van der Waals surface area (Å²) in [6, 6.07) is 6.00. The number of anilines is 3. The lowest BCUT2D eigenvalue weighted by Crippen LogP contribution is -2.44. The van der Waals surface area contributed by atoms with E-state index in [1.54, 1.807) is 29.3 Å². The van der Waals surface area contributed by atoms with Crippen molar-refractivity contribution in [2.24, 2.45) is 0 Å². The Hall–Kier alpha value is -2.23. The molecule has 0 saturated carbocycles. The van der Waals surface area contributed by atoms with Gasteiger partial charge in [0.2, 0.25) is 5.95 Å². The third-order valence-electron chi connectivity index (χ3n) is 4.70. The molecule has 0 radical (unpaired) electrons. The fraction of sp³-hybridized carbons (Fsp3) is 0.368. The van der Waals surface area contributed by atoms with Crippen LogP contribution in [0.3, 0.4) is 0 Å². The molecule has 1 N–H and O–H groups in total. The Morgan fingerprint density at radius 1 is 1.07 bits per heavy atom. The van der Waals surface area contributed by atoms with Crippen LogP contribution in [0.2, 0.25) is 0 Å². The number of thioether (sulfide) groups is 1. The minimum atomic E-state index is 0.538. The van der Waals surface area contributed by atoms with Crippen LogP contribution in [0, 0.1) is 6.92 Å². The standard InChI is InChI=1S/C19H23N7S2/c1-13-17(28-19(22-13)27-3)15-6-7-20-18(23-15)24-16-5-4-14(12-21-16)26-10-8-25(2)9-11-26/h4-7,12H,8-11H2,1-3H3,(H,20,21,23,24). The van der Waals surface area contributed by atoms with Gasteiger partial charge in [0.25, 0.3) is 0 Å². The van der Waals surface area contributed by atoms with Gasteiger partial charge in [-0.15, -0.1) is 11.3 Å². The summed E-state index contributed by atoms with van der Waals surface area (Å²) < 4.78 is 1.04. The predicted octanol–water partition coefficient (Wildman–Crippen LogP) is 3.52. The summed E-state index contributed by atoms with van der Waals surface area (Å²) in [7, 11) is 2.16. The second-order valence-corrected chi connectivity index (χ2v) is 8.73. The van der Waals surface area contributed by atoms with E-state index in [0.717, 1.165) is 58.3 Å². The smallest absolute Gasteiger partial charge is 0.228 e. The van der Waals surface area contributed by atoms with Gasteiger partial charge in [0, 0.05) is 32.4 Å². The molecule has 0 atom stereocenters. The van der Waals surface area contributed by atoms with Crippen molar-refractivity contribution in [1.82, 2.24) is 24.8 Å². The summed E-state index contributed by atoms with van der Waals surface area (Å²) >= 11 is 3.30. The minimum Gasteiger partial charge on any atom is -0.368 e. The third kappa shape index (κ3) is 4.26. The van der Waals surface area contributed by atoms with E-state index in [1.165, 1.54) is 0 Å².